The van der Waals surface area contributed by atoms with Crippen molar-refractivity contribution in [1.82, 2.24) is 5.32 Å². The minimum atomic E-state index is 0.921. The first kappa shape index (κ1) is 13.1. The third kappa shape index (κ3) is 2.92. The summed E-state index contributed by atoms with van der Waals surface area (Å²) in [5.41, 5.74) is 3.80. The van der Waals surface area contributed by atoms with Crippen LogP contribution in [0.2, 0.25) is 0 Å². The molecule has 2 aromatic rings. The maximum absolute atomic E-state index is 5.43. The van der Waals surface area contributed by atoms with E-state index in [1.807, 2.05) is 12.1 Å². The van der Waals surface area contributed by atoms with Gasteiger partial charge in [0.25, 0.3) is 0 Å². The third-order valence-corrected chi connectivity index (χ3v) is 3.67. The van der Waals surface area contributed by atoms with Crippen molar-refractivity contribution >= 4 is 11.3 Å². The zero-order valence-electron chi connectivity index (χ0n) is 10.9. The zero-order chi connectivity index (χ0) is 12.8. The van der Waals surface area contributed by atoms with Crippen molar-refractivity contribution in [1.29, 1.82) is 0 Å². The molecule has 0 atom stereocenters. The molecule has 1 N–H and O–H groups in total. The molecule has 2 nitrogen and oxygen atoms in total. The number of para-hydroxylation sites is 1. The summed E-state index contributed by atoms with van der Waals surface area (Å²) in [5, 5.41) is 7.86. The maximum atomic E-state index is 5.43. The molecular weight excluding hydrogens is 242 g/mol. The number of rotatable bonds is 6. The van der Waals surface area contributed by atoms with E-state index in [0.29, 0.717) is 0 Å². The normalized spacial score (nSPS) is 10.6. The van der Waals surface area contributed by atoms with E-state index in [1.54, 1.807) is 18.4 Å². The Kier molecular flexibility index (Phi) is 4.79. The van der Waals surface area contributed by atoms with Crippen LogP contribution in [0.1, 0.15) is 18.9 Å². The van der Waals surface area contributed by atoms with Crippen LogP contribution in [-0.4, -0.2) is 13.7 Å². The average molecular weight is 261 g/mol. The molecule has 0 aliphatic rings. The Bertz CT molecular complexity index is 493. The van der Waals surface area contributed by atoms with Crippen LogP contribution in [0.25, 0.3) is 11.1 Å². The van der Waals surface area contributed by atoms with Crippen LogP contribution >= 0.6 is 11.3 Å². The van der Waals surface area contributed by atoms with Gasteiger partial charge in [-0.05, 0) is 35.4 Å². The first-order valence-electron chi connectivity index (χ1n) is 6.26. The fourth-order valence-electron chi connectivity index (χ4n) is 1.96. The van der Waals surface area contributed by atoms with E-state index in [0.717, 1.165) is 25.3 Å². The van der Waals surface area contributed by atoms with Gasteiger partial charge in [0.1, 0.15) is 5.75 Å². The van der Waals surface area contributed by atoms with Gasteiger partial charge in [-0.15, -0.1) is 0 Å². The van der Waals surface area contributed by atoms with E-state index < -0.39 is 0 Å². The highest BCUT2D eigenvalue weighted by atomic mass is 32.1. The summed E-state index contributed by atoms with van der Waals surface area (Å²) >= 11 is 1.74. The van der Waals surface area contributed by atoms with Crippen molar-refractivity contribution in [3.63, 3.8) is 0 Å². The highest BCUT2D eigenvalue weighted by Gasteiger charge is 2.10. The monoisotopic (exact) mass is 261 g/mol. The lowest BCUT2D eigenvalue weighted by molar-refractivity contribution is 0.416. The van der Waals surface area contributed by atoms with Crippen LogP contribution in [0.5, 0.6) is 5.75 Å². The van der Waals surface area contributed by atoms with E-state index in [-0.39, 0.29) is 0 Å². The lowest BCUT2D eigenvalue weighted by atomic mass is 10.0. The van der Waals surface area contributed by atoms with Crippen LogP contribution in [0.3, 0.4) is 0 Å². The van der Waals surface area contributed by atoms with Crippen molar-refractivity contribution in [2.24, 2.45) is 0 Å². The molecule has 1 aromatic heterocycles. The number of hydrogen-bond acceptors (Lipinski definition) is 3. The van der Waals surface area contributed by atoms with Crippen molar-refractivity contribution in [3.8, 4) is 16.9 Å². The minimum absolute atomic E-state index is 0.921. The molecule has 0 radical (unpaired) electrons. The summed E-state index contributed by atoms with van der Waals surface area (Å²) in [7, 11) is 1.72. The van der Waals surface area contributed by atoms with Crippen LogP contribution in [-0.2, 0) is 6.54 Å². The Labute approximate surface area is 113 Å². The highest BCUT2D eigenvalue weighted by molar-refractivity contribution is 7.08. The molecule has 1 heterocycles. The Morgan fingerprint density at radius 2 is 2.00 bits per heavy atom. The predicted molar refractivity (Wildman–Crippen MR) is 78.3 cm³/mol. The van der Waals surface area contributed by atoms with Gasteiger partial charge < -0.3 is 10.1 Å². The van der Waals surface area contributed by atoms with Crippen LogP contribution in [0, 0.1) is 0 Å². The summed E-state index contributed by atoms with van der Waals surface area (Å²) in [5.74, 6) is 0.938. The lowest BCUT2D eigenvalue weighted by Gasteiger charge is -2.09. The molecule has 1 aromatic carbocycles. The van der Waals surface area contributed by atoms with E-state index >= 15 is 0 Å². The number of methoxy groups -OCH3 is 1. The van der Waals surface area contributed by atoms with Crippen molar-refractivity contribution in [3.05, 3.63) is 40.6 Å². The third-order valence-electron chi connectivity index (χ3n) is 2.88. The summed E-state index contributed by atoms with van der Waals surface area (Å²) < 4.78 is 5.43. The van der Waals surface area contributed by atoms with Crippen molar-refractivity contribution in [2.75, 3.05) is 13.7 Å². The fourth-order valence-corrected chi connectivity index (χ4v) is 2.82. The van der Waals surface area contributed by atoms with Gasteiger partial charge >= 0.3 is 0 Å². The number of hydrogen-bond donors (Lipinski definition) is 1. The highest BCUT2D eigenvalue weighted by Crippen LogP contribution is 2.34. The molecule has 0 spiro atoms. The molecule has 0 unspecified atom stereocenters. The second-order valence-corrected chi connectivity index (χ2v) is 4.93. The van der Waals surface area contributed by atoms with E-state index in [9.17, 15) is 0 Å². The van der Waals surface area contributed by atoms with Gasteiger partial charge in [-0.1, -0.05) is 25.1 Å². The quantitative estimate of drug-likeness (QED) is 0.796. The zero-order valence-corrected chi connectivity index (χ0v) is 11.7. The smallest absolute Gasteiger partial charge is 0.126 e. The van der Waals surface area contributed by atoms with Gasteiger partial charge in [-0.25, -0.2) is 0 Å². The molecule has 0 fully saturated rings. The Balaban J connectivity index is 2.25. The largest absolute Gasteiger partial charge is 0.496 e. The predicted octanol–water partition coefficient (Wildman–Crippen LogP) is 3.92. The van der Waals surface area contributed by atoms with Crippen LogP contribution < -0.4 is 10.1 Å². The number of ether oxygens (including phenoxy) is 1. The molecular formula is C15H19NOS. The fraction of sp³-hybridized carbons (Fsp3) is 0.333. The molecule has 0 bridgehead atoms. The summed E-state index contributed by atoms with van der Waals surface area (Å²) in [6.07, 6.45) is 1.16. The SMILES string of the molecule is CCCNCc1cscc1-c1ccccc1OC. The molecule has 3 heteroatoms. The number of benzene rings is 1. The van der Waals surface area contributed by atoms with Gasteiger partial charge in [0.2, 0.25) is 0 Å². The topological polar surface area (TPSA) is 21.3 Å². The Morgan fingerprint density at radius 1 is 1.17 bits per heavy atom. The standard InChI is InChI=1S/C15H19NOS/c1-3-8-16-9-12-10-18-11-14(12)13-6-4-5-7-15(13)17-2/h4-7,10-11,16H,3,8-9H2,1-2H3. The second kappa shape index (κ2) is 6.57. The molecule has 0 aliphatic heterocycles. The molecule has 0 saturated heterocycles. The van der Waals surface area contributed by atoms with Crippen molar-refractivity contribution < 1.29 is 4.74 Å². The first-order chi connectivity index (χ1) is 8.86. The lowest BCUT2D eigenvalue weighted by Crippen LogP contribution is -2.13. The average Bonchev–Trinajstić information content (AvgIpc) is 2.87. The molecule has 0 saturated carbocycles. The van der Waals surface area contributed by atoms with Gasteiger partial charge in [0, 0.05) is 17.7 Å². The van der Waals surface area contributed by atoms with Crippen LogP contribution in [0.4, 0.5) is 0 Å². The minimum Gasteiger partial charge on any atom is -0.496 e. The van der Waals surface area contributed by atoms with Crippen LogP contribution in [0.15, 0.2) is 35.0 Å². The van der Waals surface area contributed by atoms with Crippen molar-refractivity contribution in [2.45, 2.75) is 19.9 Å². The van der Waals surface area contributed by atoms with Gasteiger partial charge in [0.05, 0.1) is 7.11 Å². The summed E-state index contributed by atoms with van der Waals surface area (Å²) in [6.45, 7) is 4.16. The Morgan fingerprint density at radius 3 is 2.78 bits per heavy atom. The molecule has 0 aliphatic carbocycles. The maximum Gasteiger partial charge on any atom is 0.126 e. The Hall–Kier alpha value is -1.32. The number of thiophene rings is 1. The second-order valence-electron chi connectivity index (χ2n) is 4.19. The molecule has 18 heavy (non-hydrogen) atoms. The van der Waals surface area contributed by atoms with Gasteiger partial charge in [0.15, 0.2) is 0 Å². The van der Waals surface area contributed by atoms with E-state index in [4.69, 9.17) is 4.74 Å². The van der Waals surface area contributed by atoms with E-state index in [1.165, 1.54) is 16.7 Å². The van der Waals surface area contributed by atoms with E-state index in [2.05, 4.69) is 35.1 Å². The molecule has 96 valence electrons. The number of nitrogens with one attached hydrogen (secondary N) is 1. The van der Waals surface area contributed by atoms with Gasteiger partial charge in [-0.2, -0.15) is 11.3 Å². The molecule has 0 amide bonds. The first-order valence-corrected chi connectivity index (χ1v) is 7.20. The van der Waals surface area contributed by atoms with Gasteiger partial charge in [-0.3, -0.25) is 0 Å². The summed E-state index contributed by atoms with van der Waals surface area (Å²) in [4.78, 5) is 0. The molecule has 2 rings (SSSR count). The summed E-state index contributed by atoms with van der Waals surface area (Å²) in [6, 6.07) is 8.18.